The normalized spacial score (nSPS) is 11.0. The van der Waals surface area contributed by atoms with Crippen molar-refractivity contribution in [1.82, 2.24) is 9.38 Å². The summed E-state index contributed by atoms with van der Waals surface area (Å²) < 4.78 is 13.1. The molecule has 0 fully saturated rings. The van der Waals surface area contributed by atoms with E-state index >= 15 is 0 Å². The Hall–Kier alpha value is -3.47. The quantitative estimate of drug-likeness (QED) is 0.446. The third-order valence-electron chi connectivity index (χ3n) is 5.43. The molecule has 0 saturated carbocycles. The second-order valence-corrected chi connectivity index (χ2v) is 7.64. The minimum atomic E-state index is 0.679. The predicted octanol–water partition coefficient (Wildman–Crippen LogP) is 6.00. The van der Waals surface area contributed by atoms with Gasteiger partial charge in [-0.3, -0.25) is 4.40 Å². The molecule has 5 heteroatoms. The van der Waals surface area contributed by atoms with Crippen LogP contribution in [0, 0.1) is 27.7 Å². The summed E-state index contributed by atoms with van der Waals surface area (Å²) in [5.41, 5.74) is 8.52. The standard InChI is InChI=1S/C25H27N3O2/c1-15-12-18(4)28-22(13-15)26-24(19-10-11-20(29-5)21(14-19)30-6)25(28)27-23-16(2)8-7-9-17(23)3/h7-14,27H,1-6H3. The van der Waals surface area contributed by atoms with Crippen LogP contribution in [0.3, 0.4) is 0 Å². The van der Waals surface area contributed by atoms with Crippen molar-refractivity contribution in [2.24, 2.45) is 0 Å². The molecule has 0 spiro atoms. The van der Waals surface area contributed by atoms with Crippen LogP contribution in [-0.4, -0.2) is 23.6 Å². The number of methoxy groups -OCH3 is 2. The number of rotatable bonds is 5. The van der Waals surface area contributed by atoms with Crippen molar-refractivity contribution >= 4 is 17.2 Å². The van der Waals surface area contributed by atoms with E-state index in [4.69, 9.17) is 14.5 Å². The van der Waals surface area contributed by atoms with E-state index in [2.05, 4.69) is 67.7 Å². The molecule has 154 valence electrons. The lowest BCUT2D eigenvalue weighted by Gasteiger charge is -2.16. The molecule has 0 radical (unpaired) electrons. The van der Waals surface area contributed by atoms with Crippen LogP contribution in [-0.2, 0) is 0 Å². The van der Waals surface area contributed by atoms with E-state index < -0.39 is 0 Å². The van der Waals surface area contributed by atoms with Crippen LogP contribution < -0.4 is 14.8 Å². The van der Waals surface area contributed by atoms with Gasteiger partial charge in [-0.2, -0.15) is 0 Å². The molecule has 2 heterocycles. The van der Waals surface area contributed by atoms with Crippen LogP contribution in [0.25, 0.3) is 16.9 Å². The molecule has 0 bridgehead atoms. The molecule has 4 aromatic rings. The van der Waals surface area contributed by atoms with Crippen molar-refractivity contribution in [3.63, 3.8) is 0 Å². The number of hydrogen-bond donors (Lipinski definition) is 1. The van der Waals surface area contributed by atoms with Crippen LogP contribution in [0.15, 0.2) is 48.5 Å². The number of ether oxygens (including phenoxy) is 2. The monoisotopic (exact) mass is 401 g/mol. The highest BCUT2D eigenvalue weighted by Crippen LogP contribution is 2.38. The number of para-hydroxylation sites is 1. The molecule has 0 aliphatic carbocycles. The Morgan fingerprint density at radius 3 is 2.20 bits per heavy atom. The maximum atomic E-state index is 5.53. The number of nitrogens with zero attached hydrogens (tertiary/aromatic N) is 2. The summed E-state index contributed by atoms with van der Waals surface area (Å²) in [6, 6.07) is 16.5. The molecule has 2 aromatic carbocycles. The van der Waals surface area contributed by atoms with Crippen molar-refractivity contribution in [2.45, 2.75) is 27.7 Å². The van der Waals surface area contributed by atoms with E-state index in [-0.39, 0.29) is 0 Å². The fourth-order valence-electron chi connectivity index (χ4n) is 3.96. The van der Waals surface area contributed by atoms with Crippen LogP contribution in [0.5, 0.6) is 11.5 Å². The van der Waals surface area contributed by atoms with Crippen LogP contribution in [0.2, 0.25) is 0 Å². The number of aryl methyl sites for hydroxylation is 4. The van der Waals surface area contributed by atoms with Gasteiger partial charge < -0.3 is 14.8 Å². The lowest BCUT2D eigenvalue weighted by molar-refractivity contribution is 0.355. The third-order valence-corrected chi connectivity index (χ3v) is 5.43. The van der Waals surface area contributed by atoms with Crippen molar-refractivity contribution in [3.05, 3.63) is 70.9 Å². The second kappa shape index (κ2) is 7.75. The number of pyridine rings is 1. The number of hydrogen-bond acceptors (Lipinski definition) is 4. The molecule has 0 aliphatic rings. The molecule has 0 unspecified atom stereocenters. The van der Waals surface area contributed by atoms with E-state index in [0.717, 1.165) is 34.1 Å². The summed E-state index contributed by atoms with van der Waals surface area (Å²) in [6.45, 7) is 8.43. The van der Waals surface area contributed by atoms with Crippen LogP contribution >= 0.6 is 0 Å². The fourth-order valence-corrected chi connectivity index (χ4v) is 3.96. The molecule has 30 heavy (non-hydrogen) atoms. The van der Waals surface area contributed by atoms with Crippen molar-refractivity contribution in [2.75, 3.05) is 19.5 Å². The molecular weight excluding hydrogens is 374 g/mol. The molecule has 0 amide bonds. The summed E-state index contributed by atoms with van der Waals surface area (Å²) in [4.78, 5) is 5.00. The zero-order chi connectivity index (χ0) is 21.4. The van der Waals surface area contributed by atoms with Crippen LogP contribution in [0.1, 0.15) is 22.4 Å². The molecule has 1 N–H and O–H groups in total. The maximum absolute atomic E-state index is 5.53. The molecule has 4 rings (SSSR count). The van der Waals surface area contributed by atoms with Gasteiger partial charge in [-0.25, -0.2) is 4.98 Å². The first kappa shape index (κ1) is 19.8. The Kier molecular flexibility index (Phi) is 5.12. The largest absolute Gasteiger partial charge is 0.493 e. The molecular formula is C25H27N3O2. The van der Waals surface area contributed by atoms with Gasteiger partial charge in [-0.05, 0) is 74.7 Å². The Labute approximate surface area is 177 Å². The van der Waals surface area contributed by atoms with E-state index in [1.807, 2.05) is 18.2 Å². The SMILES string of the molecule is COc1ccc(-c2nc3cc(C)cc(C)n3c2Nc2c(C)cccc2C)cc1OC. The number of aromatic nitrogens is 2. The first-order chi connectivity index (χ1) is 14.4. The van der Waals surface area contributed by atoms with Crippen molar-refractivity contribution in [1.29, 1.82) is 0 Å². The average Bonchev–Trinajstić information content (AvgIpc) is 3.08. The second-order valence-electron chi connectivity index (χ2n) is 7.64. The number of imidazole rings is 1. The van der Waals surface area contributed by atoms with Gasteiger partial charge in [0.15, 0.2) is 11.5 Å². The zero-order valence-electron chi connectivity index (χ0n) is 18.3. The highest BCUT2D eigenvalue weighted by molar-refractivity contribution is 5.82. The number of benzene rings is 2. The van der Waals surface area contributed by atoms with Gasteiger partial charge >= 0.3 is 0 Å². The zero-order valence-corrected chi connectivity index (χ0v) is 18.3. The van der Waals surface area contributed by atoms with Crippen LogP contribution in [0.4, 0.5) is 11.5 Å². The number of nitrogens with one attached hydrogen (secondary N) is 1. The molecule has 0 aliphatic heterocycles. The molecule has 0 atom stereocenters. The van der Waals surface area contributed by atoms with E-state index in [9.17, 15) is 0 Å². The van der Waals surface area contributed by atoms with Crippen molar-refractivity contribution < 1.29 is 9.47 Å². The topological polar surface area (TPSA) is 47.8 Å². The van der Waals surface area contributed by atoms with Gasteiger partial charge in [-0.1, -0.05) is 18.2 Å². The van der Waals surface area contributed by atoms with Gasteiger partial charge in [0.25, 0.3) is 0 Å². The highest BCUT2D eigenvalue weighted by atomic mass is 16.5. The van der Waals surface area contributed by atoms with Gasteiger partial charge in [0, 0.05) is 16.9 Å². The van der Waals surface area contributed by atoms with Gasteiger partial charge in [-0.15, -0.1) is 0 Å². The lowest BCUT2D eigenvalue weighted by atomic mass is 10.1. The Bertz CT molecular complexity index is 1220. The van der Waals surface area contributed by atoms with E-state index in [1.165, 1.54) is 16.7 Å². The lowest BCUT2D eigenvalue weighted by Crippen LogP contribution is -2.03. The molecule has 0 saturated heterocycles. The maximum Gasteiger partial charge on any atom is 0.161 e. The molecule has 5 nitrogen and oxygen atoms in total. The van der Waals surface area contributed by atoms with Gasteiger partial charge in [0.1, 0.15) is 17.2 Å². The first-order valence-electron chi connectivity index (χ1n) is 9.98. The average molecular weight is 402 g/mol. The Morgan fingerprint density at radius 2 is 1.53 bits per heavy atom. The Morgan fingerprint density at radius 1 is 0.833 bits per heavy atom. The summed E-state index contributed by atoms with van der Waals surface area (Å²) in [6.07, 6.45) is 0. The summed E-state index contributed by atoms with van der Waals surface area (Å²) in [5, 5.41) is 3.69. The summed E-state index contributed by atoms with van der Waals surface area (Å²) in [5.74, 6) is 2.31. The van der Waals surface area contributed by atoms with E-state index in [1.54, 1.807) is 14.2 Å². The number of fused-ring (bicyclic) bond motifs is 1. The van der Waals surface area contributed by atoms with Gasteiger partial charge in [0.2, 0.25) is 0 Å². The fraction of sp³-hybridized carbons (Fsp3) is 0.240. The van der Waals surface area contributed by atoms with Crippen molar-refractivity contribution in [3.8, 4) is 22.8 Å². The number of anilines is 2. The third kappa shape index (κ3) is 3.36. The minimum Gasteiger partial charge on any atom is -0.493 e. The summed E-state index contributed by atoms with van der Waals surface area (Å²) in [7, 11) is 3.29. The smallest absolute Gasteiger partial charge is 0.161 e. The highest BCUT2D eigenvalue weighted by Gasteiger charge is 2.19. The Balaban J connectivity index is 1.98. The van der Waals surface area contributed by atoms with E-state index in [0.29, 0.717) is 11.5 Å². The van der Waals surface area contributed by atoms with Gasteiger partial charge in [0.05, 0.1) is 14.2 Å². The predicted molar refractivity (Wildman–Crippen MR) is 122 cm³/mol. The summed E-state index contributed by atoms with van der Waals surface area (Å²) >= 11 is 0. The minimum absolute atomic E-state index is 0.679. The first-order valence-corrected chi connectivity index (χ1v) is 9.98. The molecule has 2 aromatic heterocycles.